The van der Waals surface area contributed by atoms with Gasteiger partial charge in [-0.25, -0.2) is 0 Å². The van der Waals surface area contributed by atoms with Crippen LogP contribution in [-0.2, 0) is 16.0 Å². The van der Waals surface area contributed by atoms with Crippen molar-refractivity contribution in [1.29, 1.82) is 0 Å². The Morgan fingerprint density at radius 3 is 2.24 bits per heavy atom. The van der Waals surface area contributed by atoms with Crippen LogP contribution in [0.4, 0.5) is 0 Å². The lowest BCUT2D eigenvalue weighted by Crippen LogP contribution is -2.49. The molecule has 46 heavy (non-hydrogen) atoms. The number of likely N-dealkylation sites (N-methyl/N-ethyl adjacent to an activating group) is 1. The van der Waals surface area contributed by atoms with E-state index in [0.717, 1.165) is 74.6 Å². The van der Waals surface area contributed by atoms with E-state index in [9.17, 15) is 4.79 Å². The minimum absolute atomic E-state index is 0.153. The minimum Gasteiger partial charge on any atom is -0.497 e. The van der Waals surface area contributed by atoms with E-state index >= 15 is 0 Å². The third kappa shape index (κ3) is 11.3. The van der Waals surface area contributed by atoms with Crippen LogP contribution >= 0.6 is 0 Å². The Kier molecular flexibility index (Phi) is 17.8. The number of carbonyl (C=O) groups excluding carboxylic acids is 2. The second kappa shape index (κ2) is 21.2. The highest BCUT2D eigenvalue weighted by Gasteiger charge is 2.25. The summed E-state index contributed by atoms with van der Waals surface area (Å²) in [5.41, 5.74) is 6.73. The number of hydrogen-bond acceptors (Lipinski definition) is 7. The molecule has 254 valence electrons. The van der Waals surface area contributed by atoms with Gasteiger partial charge in [0.25, 0.3) is 12.4 Å². The van der Waals surface area contributed by atoms with Crippen molar-refractivity contribution in [2.75, 3.05) is 67.6 Å². The van der Waals surface area contributed by atoms with Crippen LogP contribution in [0.5, 0.6) is 5.75 Å². The molecular weight excluding hydrogens is 578 g/mol. The number of allylic oxidation sites excluding steroid dienone is 3. The molecule has 0 unspecified atom stereocenters. The summed E-state index contributed by atoms with van der Waals surface area (Å²) in [6.45, 7) is 12.3. The number of carbonyl (C=O) groups is 2. The second-order valence-corrected chi connectivity index (χ2v) is 11.6. The Labute approximate surface area is 277 Å². The number of aliphatic hydroxyl groups excluding tert-OH is 1. The molecule has 2 aliphatic heterocycles. The molecule has 1 saturated carbocycles. The molecule has 3 aliphatic rings. The molecule has 0 bridgehead atoms. The van der Waals surface area contributed by atoms with E-state index in [-0.39, 0.29) is 5.91 Å². The summed E-state index contributed by atoms with van der Waals surface area (Å²) in [6, 6.07) is 14.5. The molecular formula is C38H57N3O5. The second-order valence-electron chi connectivity index (χ2n) is 11.6. The van der Waals surface area contributed by atoms with Gasteiger partial charge in [-0.1, -0.05) is 63.5 Å². The van der Waals surface area contributed by atoms with E-state index in [2.05, 4.69) is 64.9 Å². The smallest absolute Gasteiger partial charge is 0.292 e. The summed E-state index contributed by atoms with van der Waals surface area (Å²) in [6.07, 6.45) is 12.3. The van der Waals surface area contributed by atoms with Crippen molar-refractivity contribution in [3.8, 4) is 5.75 Å². The quantitative estimate of drug-likeness (QED) is 0.369. The zero-order chi connectivity index (χ0) is 33.9. The first kappa shape index (κ1) is 38.6. The van der Waals surface area contributed by atoms with Crippen LogP contribution in [0.3, 0.4) is 0 Å². The zero-order valence-electron chi connectivity index (χ0n) is 29.3. The highest BCUT2D eigenvalue weighted by Crippen LogP contribution is 2.29. The first-order valence-corrected chi connectivity index (χ1v) is 16.7. The summed E-state index contributed by atoms with van der Waals surface area (Å²) in [5, 5.41) is 7.00. The Bertz CT molecular complexity index is 1260. The van der Waals surface area contributed by atoms with E-state index in [1.165, 1.54) is 62.6 Å². The third-order valence-corrected chi connectivity index (χ3v) is 8.88. The molecule has 8 nitrogen and oxygen atoms in total. The highest BCUT2D eigenvalue weighted by atomic mass is 16.5. The maximum Gasteiger partial charge on any atom is 0.292 e. The van der Waals surface area contributed by atoms with Crippen LogP contribution in [-0.4, -0.2) is 99.8 Å². The van der Waals surface area contributed by atoms with E-state index in [1.807, 2.05) is 36.9 Å². The minimum atomic E-state index is 0.153. The van der Waals surface area contributed by atoms with Crippen molar-refractivity contribution < 1.29 is 24.2 Å². The summed E-state index contributed by atoms with van der Waals surface area (Å²) in [4.78, 5) is 29.4. The van der Waals surface area contributed by atoms with Crippen molar-refractivity contribution in [1.82, 2.24) is 14.7 Å². The molecule has 1 saturated heterocycles. The van der Waals surface area contributed by atoms with Crippen molar-refractivity contribution in [2.24, 2.45) is 5.92 Å². The maximum atomic E-state index is 13.5. The molecule has 2 aromatic rings. The molecule has 0 spiro atoms. The van der Waals surface area contributed by atoms with Gasteiger partial charge in [0.2, 0.25) is 0 Å². The van der Waals surface area contributed by atoms with Crippen LogP contribution in [0.15, 0.2) is 54.2 Å². The number of aliphatic hydroxyl groups is 1. The molecule has 0 atom stereocenters. The summed E-state index contributed by atoms with van der Waals surface area (Å²) >= 11 is 0. The number of nitrogens with zero attached hydrogens (tertiary/aromatic N) is 3. The van der Waals surface area contributed by atoms with Gasteiger partial charge in [-0.15, -0.1) is 0 Å². The number of fused-ring (bicyclic) bond motifs is 1. The van der Waals surface area contributed by atoms with Gasteiger partial charge < -0.3 is 24.4 Å². The first-order valence-electron chi connectivity index (χ1n) is 16.7. The fraction of sp³-hybridized carbons (Fsp3) is 0.526. The molecule has 1 N–H and O–H groups in total. The largest absolute Gasteiger partial charge is 0.497 e. The predicted molar refractivity (Wildman–Crippen MR) is 189 cm³/mol. The van der Waals surface area contributed by atoms with Gasteiger partial charge >= 0.3 is 0 Å². The predicted octanol–water partition coefficient (Wildman–Crippen LogP) is 6.39. The molecule has 5 rings (SSSR count). The van der Waals surface area contributed by atoms with Crippen molar-refractivity contribution in [3.63, 3.8) is 0 Å². The summed E-state index contributed by atoms with van der Waals surface area (Å²) < 4.78 is 9.32. The lowest BCUT2D eigenvalue weighted by Gasteiger charge is -2.37. The van der Waals surface area contributed by atoms with Crippen molar-refractivity contribution in [2.45, 2.75) is 59.3 Å². The number of rotatable bonds is 6. The Morgan fingerprint density at radius 2 is 1.61 bits per heavy atom. The van der Waals surface area contributed by atoms with Crippen molar-refractivity contribution in [3.05, 3.63) is 76.5 Å². The molecule has 1 aliphatic carbocycles. The summed E-state index contributed by atoms with van der Waals surface area (Å²) in [7, 11) is 6.18. The fourth-order valence-corrected chi connectivity index (χ4v) is 6.22. The van der Waals surface area contributed by atoms with Gasteiger partial charge in [-0.2, -0.15) is 0 Å². The number of amides is 1. The average molecular weight is 636 g/mol. The SMILES string of the molecule is CC.CO.COC=O.COc1ccc2c(c1)CCN(C)/C(C)=C(c1cccc(C(=O)N3CCN(CC4CCCCC4)CC3)c1)\C=C\2. The van der Waals surface area contributed by atoms with Crippen LogP contribution in [0.2, 0.25) is 0 Å². The van der Waals surface area contributed by atoms with Crippen LogP contribution < -0.4 is 4.74 Å². The number of benzene rings is 2. The summed E-state index contributed by atoms with van der Waals surface area (Å²) in [5.74, 6) is 1.90. The third-order valence-electron chi connectivity index (χ3n) is 8.88. The number of piperazine rings is 1. The maximum absolute atomic E-state index is 13.5. The first-order chi connectivity index (χ1) is 22.4. The van der Waals surface area contributed by atoms with Gasteiger partial charge in [0.15, 0.2) is 0 Å². The molecule has 0 radical (unpaired) electrons. The molecule has 0 aromatic heterocycles. The standard InChI is InChI=1S/C33H43N3O2.C2H4O2.C2H6.CH4O/c1-25-32(15-13-27-12-14-31(38-3)23-28(27)16-17-34(25)2)29-10-7-11-30(22-29)33(37)36-20-18-35(19-21-36)24-26-8-5-4-6-9-26;1-4-2-3;2*1-2/h7,10-15,22-23,26H,4-6,8-9,16-21,24H2,1-3H3;2H,1H3;1-2H3;2H,1H3/b15-13+,32-25+;;;. The van der Waals surface area contributed by atoms with Crippen molar-refractivity contribution >= 4 is 24.0 Å². The highest BCUT2D eigenvalue weighted by molar-refractivity contribution is 5.96. The Balaban J connectivity index is 0.000000841. The van der Waals surface area contributed by atoms with Crippen LogP contribution in [0.25, 0.3) is 11.6 Å². The fourth-order valence-electron chi connectivity index (χ4n) is 6.22. The Hall–Kier alpha value is -3.62. The lowest BCUT2D eigenvalue weighted by atomic mass is 9.89. The number of methoxy groups -OCH3 is 2. The van der Waals surface area contributed by atoms with Gasteiger partial charge in [0.1, 0.15) is 5.75 Å². The van der Waals surface area contributed by atoms with E-state index in [1.54, 1.807) is 7.11 Å². The molecule has 2 heterocycles. The zero-order valence-corrected chi connectivity index (χ0v) is 29.3. The van der Waals surface area contributed by atoms with E-state index in [4.69, 9.17) is 14.6 Å². The normalized spacial score (nSPS) is 19.1. The van der Waals surface area contributed by atoms with E-state index < -0.39 is 0 Å². The van der Waals surface area contributed by atoms with Crippen LogP contribution in [0.1, 0.15) is 79.9 Å². The lowest BCUT2D eigenvalue weighted by molar-refractivity contribution is -0.126. The average Bonchev–Trinajstić information content (AvgIpc) is 3.18. The molecule has 1 amide bonds. The van der Waals surface area contributed by atoms with Crippen LogP contribution in [0, 0.1) is 5.92 Å². The Morgan fingerprint density at radius 1 is 0.935 bits per heavy atom. The topological polar surface area (TPSA) is 82.5 Å². The van der Waals surface area contributed by atoms with Gasteiger partial charge in [0.05, 0.1) is 14.2 Å². The molecule has 8 heteroatoms. The van der Waals surface area contributed by atoms with Gasteiger partial charge in [-0.05, 0) is 73.1 Å². The number of ether oxygens (including phenoxy) is 2. The van der Waals surface area contributed by atoms with Gasteiger partial charge in [-0.3, -0.25) is 14.5 Å². The van der Waals surface area contributed by atoms with E-state index in [0.29, 0.717) is 6.47 Å². The number of hydrogen-bond donors (Lipinski definition) is 1. The molecule has 2 fully saturated rings. The monoisotopic (exact) mass is 635 g/mol. The molecule has 2 aromatic carbocycles. The van der Waals surface area contributed by atoms with Gasteiger partial charge in [0, 0.05) is 70.3 Å².